The molecule has 74 valence electrons. The molecule has 1 unspecified atom stereocenters. The van der Waals surface area contributed by atoms with Crippen molar-refractivity contribution in [2.24, 2.45) is 0 Å². The molecule has 0 aliphatic rings. The number of methoxy groups -OCH3 is 1. The molecule has 0 radical (unpaired) electrons. The van der Waals surface area contributed by atoms with Gasteiger partial charge in [0.05, 0.1) is 19.8 Å². The second-order valence-corrected chi connectivity index (χ2v) is 2.84. The Morgan fingerprint density at radius 1 is 1.57 bits per heavy atom. The molecular weight excluding hydrogens is 185 g/mol. The van der Waals surface area contributed by atoms with Crippen molar-refractivity contribution in [2.75, 3.05) is 7.11 Å². The van der Waals surface area contributed by atoms with Gasteiger partial charge in [-0.25, -0.2) is 9.24 Å². The van der Waals surface area contributed by atoms with Crippen LogP contribution in [0.3, 0.4) is 0 Å². The van der Waals surface area contributed by atoms with Crippen LogP contribution in [0.1, 0.15) is 18.6 Å². The van der Waals surface area contributed by atoms with E-state index in [0.717, 1.165) is 6.07 Å². The Balaban J connectivity index is 3.33. The number of benzene rings is 1. The smallest absolute Gasteiger partial charge is 0.262 e. The molecule has 0 fully saturated rings. The number of ether oxygens (including phenoxy) is 1. The van der Waals surface area contributed by atoms with Gasteiger partial charge in [0.1, 0.15) is 11.6 Å². The summed E-state index contributed by atoms with van der Waals surface area (Å²) in [5, 5.41) is 9.23. The summed E-state index contributed by atoms with van der Waals surface area (Å²) in [7, 11) is 1.36. The van der Waals surface area contributed by atoms with Gasteiger partial charge in [-0.3, -0.25) is 0 Å². The fraction of sp³-hybridized carbons (Fsp3) is 0.300. The second kappa shape index (κ2) is 4.07. The molecule has 4 heteroatoms. The zero-order valence-electron chi connectivity index (χ0n) is 7.91. The van der Waals surface area contributed by atoms with E-state index in [-0.39, 0.29) is 11.4 Å². The number of aliphatic hydroxyl groups is 1. The SMILES string of the molecule is [C-]#[N+]c1c(F)cc(C(C)O)cc1OC. The number of halogens is 1. The third kappa shape index (κ3) is 1.83. The van der Waals surface area contributed by atoms with Gasteiger partial charge in [-0.2, -0.15) is 0 Å². The molecular formula is C10H10FNO2. The highest BCUT2D eigenvalue weighted by Crippen LogP contribution is 2.33. The van der Waals surface area contributed by atoms with E-state index in [4.69, 9.17) is 11.3 Å². The Bertz CT molecular complexity index is 382. The van der Waals surface area contributed by atoms with Gasteiger partial charge in [-0.05, 0) is 24.6 Å². The second-order valence-electron chi connectivity index (χ2n) is 2.84. The lowest BCUT2D eigenvalue weighted by Crippen LogP contribution is -1.94. The minimum atomic E-state index is -0.779. The number of hydrogen-bond acceptors (Lipinski definition) is 2. The topological polar surface area (TPSA) is 33.8 Å². The fourth-order valence-corrected chi connectivity index (χ4v) is 1.10. The van der Waals surface area contributed by atoms with Crippen molar-refractivity contribution in [2.45, 2.75) is 13.0 Å². The molecule has 0 aliphatic carbocycles. The molecule has 0 aromatic heterocycles. The zero-order valence-corrected chi connectivity index (χ0v) is 7.91. The maximum atomic E-state index is 13.3. The Morgan fingerprint density at radius 3 is 2.64 bits per heavy atom. The van der Waals surface area contributed by atoms with Crippen LogP contribution < -0.4 is 4.74 Å². The minimum Gasteiger partial charge on any atom is -0.508 e. The third-order valence-corrected chi connectivity index (χ3v) is 1.86. The highest BCUT2D eigenvalue weighted by Gasteiger charge is 2.13. The summed E-state index contributed by atoms with van der Waals surface area (Å²) in [5.41, 5.74) is 0.239. The third-order valence-electron chi connectivity index (χ3n) is 1.86. The van der Waals surface area contributed by atoms with Gasteiger partial charge in [0.25, 0.3) is 5.69 Å². The Hall–Kier alpha value is -1.60. The van der Waals surface area contributed by atoms with Gasteiger partial charge in [0, 0.05) is 0 Å². The van der Waals surface area contributed by atoms with Crippen molar-refractivity contribution in [3.63, 3.8) is 0 Å². The molecule has 0 heterocycles. The molecule has 14 heavy (non-hydrogen) atoms. The maximum Gasteiger partial charge on any atom is 0.262 e. The predicted molar refractivity (Wildman–Crippen MR) is 49.8 cm³/mol. The molecule has 0 saturated heterocycles. The first-order chi connectivity index (χ1) is 6.60. The molecule has 3 nitrogen and oxygen atoms in total. The molecule has 0 saturated carbocycles. The van der Waals surface area contributed by atoms with E-state index in [0.29, 0.717) is 5.56 Å². The summed E-state index contributed by atoms with van der Waals surface area (Å²) in [4.78, 5) is 3.01. The normalized spacial score (nSPS) is 11.9. The predicted octanol–water partition coefficient (Wildman–Crippen LogP) is 2.44. The molecule has 1 atom stereocenters. The van der Waals surface area contributed by atoms with Crippen LogP contribution in [0.5, 0.6) is 5.75 Å². The van der Waals surface area contributed by atoms with E-state index in [9.17, 15) is 9.50 Å². The monoisotopic (exact) mass is 195 g/mol. The summed E-state index contributed by atoms with van der Waals surface area (Å²) in [6.07, 6.45) is -0.779. The van der Waals surface area contributed by atoms with Crippen molar-refractivity contribution in [3.05, 3.63) is 34.9 Å². The highest BCUT2D eigenvalue weighted by molar-refractivity contribution is 5.60. The first-order valence-electron chi connectivity index (χ1n) is 4.03. The first kappa shape index (κ1) is 10.5. The van der Waals surface area contributed by atoms with Crippen molar-refractivity contribution in [1.29, 1.82) is 0 Å². The number of hydrogen-bond donors (Lipinski definition) is 1. The lowest BCUT2D eigenvalue weighted by atomic mass is 10.1. The molecule has 0 bridgehead atoms. The molecule has 1 rings (SSSR count). The number of nitrogens with zero attached hydrogens (tertiary/aromatic N) is 1. The van der Waals surface area contributed by atoms with Crippen LogP contribution in [0, 0.1) is 12.4 Å². The van der Waals surface area contributed by atoms with Crippen LogP contribution in [-0.2, 0) is 0 Å². The molecule has 1 aromatic rings. The van der Waals surface area contributed by atoms with Crippen molar-refractivity contribution in [1.82, 2.24) is 0 Å². The lowest BCUT2D eigenvalue weighted by Gasteiger charge is -2.09. The highest BCUT2D eigenvalue weighted by atomic mass is 19.1. The maximum absolute atomic E-state index is 13.3. The van der Waals surface area contributed by atoms with E-state index in [1.54, 1.807) is 0 Å². The van der Waals surface area contributed by atoms with Gasteiger partial charge in [-0.15, -0.1) is 0 Å². The summed E-state index contributed by atoms with van der Waals surface area (Å²) < 4.78 is 18.1. The van der Waals surface area contributed by atoms with Gasteiger partial charge in [0.2, 0.25) is 0 Å². The van der Waals surface area contributed by atoms with Crippen LogP contribution in [-0.4, -0.2) is 12.2 Å². The van der Waals surface area contributed by atoms with Crippen LogP contribution in [0.15, 0.2) is 12.1 Å². The van der Waals surface area contributed by atoms with E-state index in [1.807, 2.05) is 0 Å². The largest absolute Gasteiger partial charge is 0.508 e. The Morgan fingerprint density at radius 2 is 2.21 bits per heavy atom. The molecule has 0 amide bonds. The van der Waals surface area contributed by atoms with Crippen molar-refractivity contribution < 1.29 is 14.2 Å². The van der Waals surface area contributed by atoms with Crippen LogP contribution in [0.25, 0.3) is 4.85 Å². The fourth-order valence-electron chi connectivity index (χ4n) is 1.10. The standard InChI is InChI=1S/C10H10FNO2/c1-6(13)7-4-8(11)10(12-2)9(5-7)14-3/h4-6,13H,1,3H3. The van der Waals surface area contributed by atoms with Gasteiger partial charge < -0.3 is 9.84 Å². The van der Waals surface area contributed by atoms with E-state index in [1.165, 1.54) is 20.1 Å². The minimum absolute atomic E-state index is 0.149. The van der Waals surface area contributed by atoms with Crippen molar-refractivity contribution >= 4 is 5.69 Å². The summed E-state index contributed by atoms with van der Waals surface area (Å²) in [6.45, 7) is 8.27. The summed E-state index contributed by atoms with van der Waals surface area (Å²) in [5.74, 6) is -0.522. The van der Waals surface area contributed by atoms with Gasteiger partial charge >= 0.3 is 0 Å². The van der Waals surface area contributed by atoms with Gasteiger partial charge in [-0.1, -0.05) is 0 Å². The quantitative estimate of drug-likeness (QED) is 0.735. The number of aliphatic hydroxyl groups excluding tert-OH is 1. The Labute approximate surface area is 81.6 Å². The molecule has 0 aliphatic heterocycles. The lowest BCUT2D eigenvalue weighted by molar-refractivity contribution is 0.198. The molecule has 0 spiro atoms. The number of rotatable bonds is 2. The van der Waals surface area contributed by atoms with Crippen molar-refractivity contribution in [3.8, 4) is 5.75 Å². The van der Waals surface area contributed by atoms with Gasteiger partial charge in [0.15, 0.2) is 0 Å². The average Bonchev–Trinajstić information content (AvgIpc) is 2.16. The zero-order chi connectivity index (χ0) is 10.7. The van der Waals surface area contributed by atoms with Crippen LogP contribution in [0.2, 0.25) is 0 Å². The average molecular weight is 195 g/mol. The first-order valence-corrected chi connectivity index (χ1v) is 4.03. The van der Waals surface area contributed by atoms with Crippen LogP contribution in [0.4, 0.5) is 10.1 Å². The molecule has 1 aromatic carbocycles. The van der Waals surface area contributed by atoms with E-state index >= 15 is 0 Å². The van der Waals surface area contributed by atoms with Crippen LogP contribution >= 0.6 is 0 Å². The van der Waals surface area contributed by atoms with E-state index < -0.39 is 11.9 Å². The molecule has 1 N–H and O–H groups in total. The van der Waals surface area contributed by atoms with E-state index in [2.05, 4.69) is 4.85 Å². The summed E-state index contributed by atoms with van der Waals surface area (Å²) in [6, 6.07) is 2.60. The summed E-state index contributed by atoms with van der Waals surface area (Å²) >= 11 is 0. The Kier molecular flexibility index (Phi) is 3.05.